The molecule has 1 heterocycles. The van der Waals surface area contributed by atoms with Crippen LogP contribution < -0.4 is 4.74 Å². The van der Waals surface area contributed by atoms with Crippen molar-refractivity contribution in [2.24, 2.45) is 0 Å². The molecule has 0 bridgehead atoms. The van der Waals surface area contributed by atoms with Gasteiger partial charge >= 0.3 is 0 Å². The SMILES string of the molecule is Cc1ccc(OCCCC2CCCO2)c(S(=O)(=O)Cl)c1. The Hall–Kier alpha value is -0.780. The van der Waals surface area contributed by atoms with Gasteiger partial charge in [0.25, 0.3) is 9.05 Å². The van der Waals surface area contributed by atoms with Gasteiger partial charge in [0.2, 0.25) is 0 Å². The summed E-state index contributed by atoms with van der Waals surface area (Å²) in [5.74, 6) is 0.318. The third-order valence-electron chi connectivity index (χ3n) is 3.31. The molecule has 4 nitrogen and oxygen atoms in total. The molecule has 1 aromatic rings. The summed E-state index contributed by atoms with van der Waals surface area (Å²) >= 11 is 0. The van der Waals surface area contributed by atoms with E-state index in [-0.39, 0.29) is 4.90 Å². The highest BCUT2D eigenvalue weighted by Gasteiger charge is 2.18. The minimum absolute atomic E-state index is 0.0382. The highest BCUT2D eigenvalue weighted by molar-refractivity contribution is 8.13. The summed E-state index contributed by atoms with van der Waals surface area (Å²) in [7, 11) is 1.64. The van der Waals surface area contributed by atoms with E-state index in [1.165, 1.54) is 6.07 Å². The molecule has 0 radical (unpaired) electrons. The van der Waals surface area contributed by atoms with E-state index in [9.17, 15) is 8.42 Å². The van der Waals surface area contributed by atoms with Crippen LogP contribution >= 0.6 is 10.7 Å². The van der Waals surface area contributed by atoms with Gasteiger partial charge in [-0.05, 0) is 50.3 Å². The van der Waals surface area contributed by atoms with E-state index < -0.39 is 9.05 Å². The molecule has 1 aromatic carbocycles. The van der Waals surface area contributed by atoms with Crippen molar-refractivity contribution in [2.45, 2.75) is 43.6 Å². The predicted molar refractivity (Wildman–Crippen MR) is 77.9 cm³/mol. The van der Waals surface area contributed by atoms with Gasteiger partial charge in [0, 0.05) is 17.3 Å². The number of hydrogen-bond acceptors (Lipinski definition) is 4. The number of halogens is 1. The van der Waals surface area contributed by atoms with Crippen LogP contribution in [-0.4, -0.2) is 27.7 Å². The third kappa shape index (κ3) is 4.36. The number of hydrogen-bond donors (Lipinski definition) is 0. The molecule has 0 N–H and O–H groups in total. The summed E-state index contributed by atoms with van der Waals surface area (Å²) in [6, 6.07) is 4.98. The van der Waals surface area contributed by atoms with Crippen molar-refractivity contribution >= 4 is 19.7 Å². The topological polar surface area (TPSA) is 52.6 Å². The molecule has 0 amide bonds. The summed E-state index contributed by atoms with van der Waals surface area (Å²) in [6.07, 6.45) is 4.33. The van der Waals surface area contributed by atoms with E-state index in [4.69, 9.17) is 20.2 Å². The van der Waals surface area contributed by atoms with Gasteiger partial charge in [-0.25, -0.2) is 8.42 Å². The average Bonchev–Trinajstić information content (AvgIpc) is 2.88. The van der Waals surface area contributed by atoms with Crippen molar-refractivity contribution in [1.82, 2.24) is 0 Å². The molecule has 2 rings (SSSR count). The first kappa shape index (κ1) is 15.6. The van der Waals surface area contributed by atoms with Gasteiger partial charge in [-0.3, -0.25) is 0 Å². The normalized spacial score (nSPS) is 19.2. The van der Waals surface area contributed by atoms with Crippen LogP contribution in [0.1, 0.15) is 31.2 Å². The van der Waals surface area contributed by atoms with Gasteiger partial charge in [-0.15, -0.1) is 0 Å². The Kier molecular flexibility index (Phi) is 5.29. The first-order valence-corrected chi connectivity index (χ1v) is 9.07. The van der Waals surface area contributed by atoms with Crippen LogP contribution in [0.3, 0.4) is 0 Å². The summed E-state index contributed by atoms with van der Waals surface area (Å²) in [5.41, 5.74) is 0.830. The van der Waals surface area contributed by atoms with Crippen LogP contribution in [-0.2, 0) is 13.8 Å². The Labute approximate surface area is 124 Å². The Morgan fingerprint density at radius 2 is 2.25 bits per heavy atom. The van der Waals surface area contributed by atoms with Crippen LogP contribution in [0.15, 0.2) is 23.1 Å². The Balaban J connectivity index is 1.92. The van der Waals surface area contributed by atoms with E-state index in [1.807, 2.05) is 6.92 Å². The molecule has 0 aliphatic carbocycles. The van der Waals surface area contributed by atoms with Crippen LogP contribution in [0.4, 0.5) is 0 Å². The summed E-state index contributed by atoms with van der Waals surface area (Å²) in [4.78, 5) is 0.0382. The molecule has 1 aliphatic heterocycles. The Bertz CT molecular complexity index is 550. The van der Waals surface area contributed by atoms with E-state index >= 15 is 0 Å². The zero-order valence-corrected chi connectivity index (χ0v) is 13.0. The van der Waals surface area contributed by atoms with Crippen LogP contribution in [0.2, 0.25) is 0 Å². The maximum atomic E-state index is 11.5. The second-order valence-electron chi connectivity index (χ2n) is 5.01. The second kappa shape index (κ2) is 6.78. The molecule has 1 saturated heterocycles. The van der Waals surface area contributed by atoms with E-state index in [0.29, 0.717) is 18.5 Å². The lowest BCUT2D eigenvalue weighted by Gasteiger charge is -2.12. The Morgan fingerprint density at radius 1 is 1.45 bits per heavy atom. The molecule has 0 aromatic heterocycles. The van der Waals surface area contributed by atoms with Crippen molar-refractivity contribution in [2.75, 3.05) is 13.2 Å². The van der Waals surface area contributed by atoms with Crippen LogP contribution in [0.5, 0.6) is 5.75 Å². The molecule has 1 fully saturated rings. The van der Waals surface area contributed by atoms with Crippen molar-refractivity contribution in [3.63, 3.8) is 0 Å². The monoisotopic (exact) mass is 318 g/mol. The van der Waals surface area contributed by atoms with Crippen molar-refractivity contribution in [1.29, 1.82) is 0 Å². The lowest BCUT2D eigenvalue weighted by atomic mass is 10.1. The summed E-state index contributed by atoms with van der Waals surface area (Å²) < 4.78 is 34.1. The number of ether oxygens (including phenoxy) is 2. The van der Waals surface area contributed by atoms with Gasteiger partial charge in [-0.2, -0.15) is 0 Å². The standard InChI is InChI=1S/C14H19ClO4S/c1-11-6-7-13(14(10-11)20(15,16)17)19-9-3-5-12-4-2-8-18-12/h6-7,10,12H,2-5,8-9H2,1H3. The second-order valence-corrected chi connectivity index (χ2v) is 7.55. The fourth-order valence-electron chi connectivity index (χ4n) is 2.29. The van der Waals surface area contributed by atoms with Gasteiger partial charge in [0.15, 0.2) is 0 Å². The maximum absolute atomic E-state index is 11.5. The molecular weight excluding hydrogens is 300 g/mol. The molecule has 20 heavy (non-hydrogen) atoms. The first-order chi connectivity index (χ1) is 9.47. The van der Waals surface area contributed by atoms with Crippen molar-refractivity contribution in [3.8, 4) is 5.75 Å². The largest absolute Gasteiger partial charge is 0.492 e. The summed E-state index contributed by atoms with van der Waals surface area (Å²) in [5, 5.41) is 0. The van der Waals surface area contributed by atoms with Crippen LogP contribution in [0.25, 0.3) is 0 Å². The third-order valence-corrected chi connectivity index (χ3v) is 4.66. The zero-order valence-electron chi connectivity index (χ0n) is 11.5. The highest BCUT2D eigenvalue weighted by Crippen LogP contribution is 2.28. The lowest BCUT2D eigenvalue weighted by molar-refractivity contribution is 0.0980. The predicted octanol–water partition coefficient (Wildman–Crippen LogP) is 3.26. The molecule has 1 aliphatic rings. The molecular formula is C14H19ClO4S. The zero-order chi connectivity index (χ0) is 14.6. The van der Waals surface area contributed by atoms with Crippen molar-refractivity contribution in [3.05, 3.63) is 23.8 Å². The molecule has 0 saturated carbocycles. The van der Waals surface area contributed by atoms with E-state index in [2.05, 4.69) is 0 Å². The molecule has 1 atom stereocenters. The quantitative estimate of drug-likeness (QED) is 0.597. The highest BCUT2D eigenvalue weighted by atomic mass is 35.7. The summed E-state index contributed by atoms with van der Waals surface area (Å²) in [6.45, 7) is 3.12. The number of aryl methyl sites for hydroxylation is 1. The van der Waals surface area contributed by atoms with Crippen LogP contribution in [0, 0.1) is 6.92 Å². The van der Waals surface area contributed by atoms with Gasteiger partial charge < -0.3 is 9.47 Å². The smallest absolute Gasteiger partial charge is 0.264 e. The number of benzene rings is 1. The lowest BCUT2D eigenvalue weighted by Crippen LogP contribution is -2.08. The van der Waals surface area contributed by atoms with Gasteiger partial charge in [0.1, 0.15) is 10.6 Å². The van der Waals surface area contributed by atoms with E-state index in [1.54, 1.807) is 12.1 Å². The fraction of sp³-hybridized carbons (Fsp3) is 0.571. The number of rotatable bonds is 6. The molecule has 6 heteroatoms. The van der Waals surface area contributed by atoms with Gasteiger partial charge in [0.05, 0.1) is 12.7 Å². The van der Waals surface area contributed by atoms with Gasteiger partial charge in [-0.1, -0.05) is 6.07 Å². The average molecular weight is 319 g/mol. The minimum atomic E-state index is -3.79. The minimum Gasteiger partial charge on any atom is -0.492 e. The fourth-order valence-corrected chi connectivity index (χ4v) is 3.35. The molecule has 1 unspecified atom stereocenters. The maximum Gasteiger partial charge on any atom is 0.264 e. The Morgan fingerprint density at radius 3 is 2.90 bits per heavy atom. The first-order valence-electron chi connectivity index (χ1n) is 6.76. The molecule has 0 spiro atoms. The van der Waals surface area contributed by atoms with E-state index in [0.717, 1.165) is 37.9 Å². The van der Waals surface area contributed by atoms with Crippen molar-refractivity contribution < 1.29 is 17.9 Å². The molecule has 112 valence electrons.